The van der Waals surface area contributed by atoms with Gasteiger partial charge in [0.15, 0.2) is 17.5 Å². The fourth-order valence-electron chi connectivity index (χ4n) is 5.64. The first-order valence-electron chi connectivity index (χ1n) is 13.6. The molecular weight excluding hydrogens is 599 g/mol. The highest BCUT2D eigenvalue weighted by Gasteiger charge is 2.53. The summed E-state index contributed by atoms with van der Waals surface area (Å²) in [5, 5.41) is 40.1. The number of alkyl halides is 2. The maximum atomic E-state index is 14.1. The molecule has 1 saturated carbocycles. The molecule has 1 saturated heterocycles. The molecule has 6 atom stereocenters. The maximum absolute atomic E-state index is 14.1. The van der Waals surface area contributed by atoms with Crippen molar-refractivity contribution in [1.82, 2.24) is 20.0 Å². The van der Waals surface area contributed by atoms with Crippen molar-refractivity contribution in [3.8, 4) is 11.3 Å². The lowest BCUT2D eigenvalue weighted by molar-refractivity contribution is -0.186. The largest absolute Gasteiger partial charge is 0.394 e. The molecule has 5 rings (SSSR count). The first-order chi connectivity index (χ1) is 20.4. The van der Waals surface area contributed by atoms with Crippen LogP contribution in [0.5, 0.6) is 0 Å². The third-order valence-corrected chi connectivity index (χ3v) is 9.68. The third kappa shape index (κ3) is 6.28. The van der Waals surface area contributed by atoms with E-state index in [1.807, 2.05) is 0 Å². The minimum atomic E-state index is -2.91. The summed E-state index contributed by atoms with van der Waals surface area (Å²) in [5.74, 6) is -7.38. The Morgan fingerprint density at radius 2 is 1.84 bits per heavy atom. The molecule has 0 bridgehead atoms. The first-order valence-corrected chi connectivity index (χ1v) is 14.5. The molecule has 0 spiro atoms. The molecule has 2 aromatic heterocycles. The van der Waals surface area contributed by atoms with E-state index >= 15 is 0 Å². The lowest BCUT2D eigenvalue weighted by Gasteiger charge is -2.47. The van der Waals surface area contributed by atoms with Gasteiger partial charge in [0.2, 0.25) is 5.92 Å². The number of halogens is 5. The van der Waals surface area contributed by atoms with Crippen LogP contribution in [0.1, 0.15) is 48.2 Å². The maximum Gasteiger partial charge on any atom is 0.248 e. The van der Waals surface area contributed by atoms with Crippen molar-refractivity contribution >= 4 is 11.8 Å². The zero-order chi connectivity index (χ0) is 31.1. The summed E-state index contributed by atoms with van der Waals surface area (Å²) < 4.78 is 82.5. The van der Waals surface area contributed by atoms with Gasteiger partial charge in [0, 0.05) is 31.7 Å². The van der Waals surface area contributed by atoms with Crippen LogP contribution in [0.4, 0.5) is 22.0 Å². The molecule has 0 radical (unpaired) electrons. The molecule has 9 nitrogen and oxygen atoms in total. The van der Waals surface area contributed by atoms with E-state index in [9.17, 15) is 37.3 Å². The Kier molecular flexibility index (Phi) is 9.12. The number of ether oxygens (including phenoxy) is 2. The van der Waals surface area contributed by atoms with E-state index in [-0.39, 0.29) is 24.1 Å². The van der Waals surface area contributed by atoms with Gasteiger partial charge in [0.1, 0.15) is 35.5 Å². The average Bonchev–Trinajstić information content (AvgIpc) is 3.46. The Morgan fingerprint density at radius 3 is 2.44 bits per heavy atom. The van der Waals surface area contributed by atoms with Crippen LogP contribution in [0.15, 0.2) is 36.7 Å². The standard InChI is InChI=1S/C28H31F5N4O5S/c1-14-4-3-9-34-21(14)25(27(40)5-7-28(32,33)8-6-27)43-26-24(41-2)22(23(39)19(13-38)42-26)37-12-18(35-36-37)15-10-16(29)20(31)17(30)11-15/h3-4,9-12,19,22-26,38-40H,5-8,13H2,1-2H3/t19-,22+,23+,24-,25?,26+/m1/s1. The number of aliphatic hydroxyl groups excluding tert-OH is 2. The van der Waals surface area contributed by atoms with E-state index in [0.717, 1.165) is 23.9 Å². The number of aryl methyl sites for hydroxylation is 1. The van der Waals surface area contributed by atoms with Gasteiger partial charge in [-0.1, -0.05) is 11.3 Å². The Bertz CT molecular complexity index is 1420. The number of thioether (sulfide) groups is 1. The smallest absolute Gasteiger partial charge is 0.248 e. The van der Waals surface area contributed by atoms with Crippen molar-refractivity contribution < 1.29 is 46.7 Å². The van der Waals surface area contributed by atoms with Gasteiger partial charge in [-0.3, -0.25) is 4.98 Å². The van der Waals surface area contributed by atoms with E-state index in [1.165, 1.54) is 24.2 Å². The Hall–Kier alpha value is -2.69. The summed E-state index contributed by atoms with van der Waals surface area (Å²) in [6.45, 7) is 1.16. The van der Waals surface area contributed by atoms with Crippen LogP contribution in [0.3, 0.4) is 0 Å². The molecule has 1 aliphatic carbocycles. The van der Waals surface area contributed by atoms with E-state index in [0.29, 0.717) is 11.3 Å². The van der Waals surface area contributed by atoms with Gasteiger partial charge in [-0.05, 0) is 43.5 Å². The number of nitrogens with zero attached hydrogens (tertiary/aromatic N) is 4. The Morgan fingerprint density at radius 1 is 1.16 bits per heavy atom. The van der Waals surface area contributed by atoms with E-state index in [2.05, 4.69) is 15.3 Å². The predicted molar refractivity (Wildman–Crippen MR) is 145 cm³/mol. The quantitative estimate of drug-likeness (QED) is 0.249. The number of aromatic nitrogens is 4. The number of methoxy groups -OCH3 is 1. The fourth-order valence-corrected chi connectivity index (χ4v) is 7.41. The topological polar surface area (TPSA) is 123 Å². The number of hydrogen-bond acceptors (Lipinski definition) is 9. The third-order valence-electron chi connectivity index (χ3n) is 8.10. The monoisotopic (exact) mass is 630 g/mol. The van der Waals surface area contributed by atoms with E-state index < -0.39 is 83.5 Å². The molecular formula is C28H31F5N4O5S. The lowest BCUT2D eigenvalue weighted by Crippen LogP contribution is -2.56. The highest BCUT2D eigenvalue weighted by atomic mass is 32.2. The molecule has 3 heterocycles. The summed E-state index contributed by atoms with van der Waals surface area (Å²) in [7, 11) is 1.35. The summed E-state index contributed by atoms with van der Waals surface area (Å²) >= 11 is 1.07. The first kappa shape index (κ1) is 31.7. The van der Waals surface area contributed by atoms with Crippen molar-refractivity contribution in [2.75, 3.05) is 13.7 Å². The van der Waals surface area contributed by atoms with E-state index in [4.69, 9.17) is 9.47 Å². The lowest BCUT2D eigenvalue weighted by atomic mass is 9.79. The van der Waals surface area contributed by atoms with Crippen LogP contribution in [0.25, 0.3) is 11.3 Å². The van der Waals surface area contributed by atoms with Gasteiger partial charge in [-0.15, -0.1) is 16.9 Å². The van der Waals surface area contributed by atoms with Crippen LogP contribution in [-0.4, -0.2) is 84.3 Å². The zero-order valence-electron chi connectivity index (χ0n) is 23.2. The number of aliphatic hydroxyl groups is 3. The van der Waals surface area contributed by atoms with Crippen molar-refractivity contribution in [3.05, 3.63) is 65.4 Å². The second kappa shape index (κ2) is 12.4. The highest BCUT2D eigenvalue weighted by molar-refractivity contribution is 8.00. The van der Waals surface area contributed by atoms with Crippen LogP contribution in [-0.2, 0) is 9.47 Å². The number of rotatable bonds is 8. The molecule has 3 aromatic rings. The highest BCUT2D eigenvalue weighted by Crippen LogP contribution is 2.53. The van der Waals surface area contributed by atoms with Gasteiger partial charge in [-0.2, -0.15) is 0 Å². The molecule has 1 unspecified atom stereocenters. The minimum Gasteiger partial charge on any atom is -0.394 e. The molecule has 43 heavy (non-hydrogen) atoms. The molecule has 15 heteroatoms. The second-order valence-corrected chi connectivity index (χ2v) is 12.1. The van der Waals surface area contributed by atoms with Crippen molar-refractivity contribution in [1.29, 1.82) is 0 Å². The normalized spacial score (nSPS) is 27.6. The molecule has 1 aliphatic heterocycles. The van der Waals surface area contributed by atoms with Crippen molar-refractivity contribution in [3.63, 3.8) is 0 Å². The summed E-state index contributed by atoms with van der Waals surface area (Å²) in [6.07, 6.45) is -2.21. The zero-order valence-corrected chi connectivity index (χ0v) is 24.0. The van der Waals surface area contributed by atoms with Crippen LogP contribution in [0, 0.1) is 24.4 Å². The SMILES string of the molecule is CO[C@@H]1[C@@H](n2cc(-c3cc(F)c(F)c(F)c3)nn2)[C@@H](O)[C@@H](CO)O[C@H]1SC(c1ncccc1C)C1(O)CCC(F)(F)CC1. The van der Waals surface area contributed by atoms with Crippen LogP contribution < -0.4 is 0 Å². The molecule has 2 fully saturated rings. The summed E-state index contributed by atoms with van der Waals surface area (Å²) in [4.78, 5) is 4.46. The average molecular weight is 631 g/mol. The van der Waals surface area contributed by atoms with Gasteiger partial charge in [0.25, 0.3) is 0 Å². The number of hydrogen-bond donors (Lipinski definition) is 3. The number of pyridine rings is 1. The molecule has 2 aliphatic rings. The fraction of sp³-hybridized carbons (Fsp3) is 0.536. The second-order valence-electron chi connectivity index (χ2n) is 10.9. The molecule has 1 aromatic carbocycles. The summed E-state index contributed by atoms with van der Waals surface area (Å²) in [5.41, 5.74) is -1.55. The van der Waals surface area contributed by atoms with Crippen LogP contribution >= 0.6 is 11.8 Å². The molecule has 0 amide bonds. The number of benzene rings is 1. The predicted octanol–water partition coefficient (Wildman–Crippen LogP) is 4.11. The Balaban J connectivity index is 1.50. The minimum absolute atomic E-state index is 0.0319. The van der Waals surface area contributed by atoms with E-state index in [1.54, 1.807) is 19.1 Å². The van der Waals surface area contributed by atoms with Gasteiger partial charge in [-0.25, -0.2) is 26.6 Å². The molecule has 3 N–H and O–H groups in total. The van der Waals surface area contributed by atoms with Crippen molar-refractivity contribution in [2.45, 2.75) is 79.2 Å². The van der Waals surface area contributed by atoms with Crippen molar-refractivity contribution in [2.24, 2.45) is 0 Å². The van der Waals surface area contributed by atoms with Gasteiger partial charge in [0.05, 0.1) is 29.3 Å². The van der Waals surface area contributed by atoms with Gasteiger partial charge < -0.3 is 24.8 Å². The molecule has 234 valence electrons. The van der Waals surface area contributed by atoms with Crippen LogP contribution in [0.2, 0.25) is 0 Å². The Labute approximate surface area is 248 Å². The summed E-state index contributed by atoms with van der Waals surface area (Å²) in [6, 6.07) is 3.94. The van der Waals surface area contributed by atoms with Gasteiger partial charge >= 0.3 is 0 Å².